The van der Waals surface area contributed by atoms with Crippen LogP contribution < -0.4 is 10.6 Å². The predicted octanol–water partition coefficient (Wildman–Crippen LogP) is 1.57. The number of amides is 3. The summed E-state index contributed by atoms with van der Waals surface area (Å²) in [5.74, 6) is -0.832. The van der Waals surface area contributed by atoms with Gasteiger partial charge in [0.2, 0.25) is 5.91 Å². The Morgan fingerprint density at radius 1 is 1.29 bits per heavy atom. The van der Waals surface area contributed by atoms with Crippen LogP contribution in [-0.2, 0) is 9.59 Å². The van der Waals surface area contributed by atoms with Crippen LogP contribution in [0.1, 0.15) is 19.3 Å². The standard InChI is InChI=1S/C15H19ClN4O4/c16-11-1-2-12(18-9-11)19-14(23)10-4-7-20(8-5-10)15(24)17-6-3-13(21)22/h1-2,9-10H,3-8H2,(H,17,24)(H,21,22)(H,18,19,23). The summed E-state index contributed by atoms with van der Waals surface area (Å²) in [7, 11) is 0. The Hall–Kier alpha value is -2.35. The molecule has 1 fully saturated rings. The maximum atomic E-state index is 12.2. The van der Waals surface area contributed by atoms with E-state index >= 15 is 0 Å². The number of hydrogen-bond donors (Lipinski definition) is 3. The molecule has 9 heteroatoms. The van der Waals surface area contributed by atoms with Gasteiger partial charge < -0.3 is 20.6 Å². The Morgan fingerprint density at radius 3 is 2.58 bits per heavy atom. The average molecular weight is 355 g/mol. The van der Waals surface area contributed by atoms with Gasteiger partial charge in [-0.15, -0.1) is 0 Å². The van der Waals surface area contributed by atoms with E-state index in [0.29, 0.717) is 36.8 Å². The van der Waals surface area contributed by atoms with Gasteiger partial charge in [0.05, 0.1) is 11.4 Å². The summed E-state index contributed by atoms with van der Waals surface area (Å²) < 4.78 is 0. The highest BCUT2D eigenvalue weighted by atomic mass is 35.5. The van der Waals surface area contributed by atoms with Gasteiger partial charge in [-0.3, -0.25) is 9.59 Å². The normalized spacial score (nSPS) is 15.0. The first-order valence-electron chi connectivity index (χ1n) is 7.62. The van der Waals surface area contributed by atoms with Gasteiger partial charge >= 0.3 is 12.0 Å². The molecule has 1 saturated heterocycles. The first-order chi connectivity index (χ1) is 11.5. The third-order valence-electron chi connectivity index (χ3n) is 3.75. The second kappa shape index (κ2) is 8.49. The molecule has 3 amide bonds. The number of pyridine rings is 1. The van der Waals surface area contributed by atoms with E-state index in [0.717, 1.165) is 0 Å². The molecule has 0 atom stereocenters. The molecule has 0 bridgehead atoms. The van der Waals surface area contributed by atoms with E-state index in [2.05, 4.69) is 15.6 Å². The van der Waals surface area contributed by atoms with Crippen LogP contribution in [0.25, 0.3) is 0 Å². The van der Waals surface area contributed by atoms with Crippen molar-refractivity contribution < 1.29 is 19.5 Å². The molecule has 24 heavy (non-hydrogen) atoms. The predicted molar refractivity (Wildman–Crippen MR) is 87.8 cm³/mol. The topological polar surface area (TPSA) is 112 Å². The Bertz CT molecular complexity index is 600. The third-order valence-corrected chi connectivity index (χ3v) is 3.97. The van der Waals surface area contributed by atoms with Crippen LogP contribution in [-0.4, -0.2) is 52.5 Å². The maximum absolute atomic E-state index is 12.2. The van der Waals surface area contributed by atoms with E-state index in [1.165, 1.54) is 6.20 Å². The fraction of sp³-hybridized carbons (Fsp3) is 0.467. The molecule has 2 heterocycles. The Balaban J connectivity index is 1.75. The van der Waals surface area contributed by atoms with Gasteiger partial charge in [-0.1, -0.05) is 11.6 Å². The number of rotatable bonds is 5. The van der Waals surface area contributed by atoms with Crippen LogP contribution in [0.4, 0.5) is 10.6 Å². The second-order valence-corrected chi connectivity index (χ2v) is 5.92. The van der Waals surface area contributed by atoms with Crippen molar-refractivity contribution in [3.05, 3.63) is 23.4 Å². The summed E-state index contributed by atoms with van der Waals surface area (Å²) in [5, 5.41) is 14.3. The minimum Gasteiger partial charge on any atom is -0.481 e. The number of carbonyl (C=O) groups is 3. The van der Waals surface area contributed by atoms with Crippen LogP contribution in [0.5, 0.6) is 0 Å². The lowest BCUT2D eigenvalue weighted by molar-refractivity contribution is -0.136. The SMILES string of the molecule is O=C(O)CCNC(=O)N1CCC(C(=O)Nc2ccc(Cl)cn2)CC1. The van der Waals surface area contributed by atoms with Crippen LogP contribution in [0.2, 0.25) is 5.02 Å². The summed E-state index contributed by atoms with van der Waals surface area (Å²) in [6.07, 6.45) is 2.44. The van der Waals surface area contributed by atoms with Gasteiger partial charge in [-0.25, -0.2) is 9.78 Å². The van der Waals surface area contributed by atoms with Crippen molar-refractivity contribution in [3.8, 4) is 0 Å². The van der Waals surface area contributed by atoms with Crippen LogP contribution in [0.15, 0.2) is 18.3 Å². The molecule has 0 spiro atoms. The summed E-state index contributed by atoms with van der Waals surface area (Å²) in [6, 6.07) is 2.98. The number of carbonyl (C=O) groups excluding carboxylic acids is 2. The number of anilines is 1. The van der Waals surface area contributed by atoms with Gasteiger partial charge in [0.1, 0.15) is 5.82 Å². The fourth-order valence-electron chi connectivity index (χ4n) is 2.41. The quantitative estimate of drug-likeness (QED) is 0.743. The molecular weight excluding hydrogens is 336 g/mol. The van der Waals surface area contributed by atoms with E-state index in [4.69, 9.17) is 16.7 Å². The lowest BCUT2D eigenvalue weighted by atomic mass is 9.96. The van der Waals surface area contributed by atoms with Crippen LogP contribution in [0.3, 0.4) is 0 Å². The van der Waals surface area contributed by atoms with Crippen molar-refractivity contribution in [2.24, 2.45) is 5.92 Å². The van der Waals surface area contributed by atoms with Gasteiger partial charge in [0.15, 0.2) is 0 Å². The molecule has 1 aromatic heterocycles. The highest BCUT2D eigenvalue weighted by Crippen LogP contribution is 2.19. The van der Waals surface area contributed by atoms with E-state index in [1.807, 2.05) is 0 Å². The minimum absolute atomic E-state index is 0.0941. The van der Waals surface area contributed by atoms with E-state index in [9.17, 15) is 14.4 Å². The number of nitrogens with one attached hydrogen (secondary N) is 2. The van der Waals surface area contributed by atoms with Crippen molar-refractivity contribution >= 4 is 35.3 Å². The van der Waals surface area contributed by atoms with Gasteiger partial charge in [0, 0.05) is 31.7 Å². The molecule has 0 unspecified atom stereocenters. The Kier molecular flexibility index (Phi) is 6.36. The number of halogens is 1. The molecule has 0 aromatic carbocycles. The summed E-state index contributed by atoms with van der Waals surface area (Å²) in [4.78, 5) is 40.1. The van der Waals surface area contributed by atoms with Crippen molar-refractivity contribution in [2.75, 3.05) is 25.0 Å². The number of carboxylic acid groups (broad SMARTS) is 1. The molecule has 0 aliphatic carbocycles. The zero-order valence-electron chi connectivity index (χ0n) is 13.0. The third kappa shape index (κ3) is 5.38. The zero-order valence-corrected chi connectivity index (χ0v) is 13.8. The van der Waals surface area contributed by atoms with Gasteiger partial charge in [0.25, 0.3) is 0 Å². The first-order valence-corrected chi connectivity index (χ1v) is 8.00. The summed E-state index contributed by atoms with van der Waals surface area (Å²) >= 11 is 5.74. The molecular formula is C15H19ClN4O4. The fourth-order valence-corrected chi connectivity index (χ4v) is 2.52. The average Bonchev–Trinajstić information content (AvgIpc) is 2.56. The molecule has 1 aliphatic rings. The Morgan fingerprint density at radius 2 is 2.00 bits per heavy atom. The highest BCUT2D eigenvalue weighted by Gasteiger charge is 2.27. The number of carboxylic acids is 1. The largest absolute Gasteiger partial charge is 0.481 e. The molecule has 1 aliphatic heterocycles. The molecule has 0 saturated carbocycles. The van der Waals surface area contributed by atoms with Gasteiger partial charge in [-0.05, 0) is 25.0 Å². The number of aromatic nitrogens is 1. The maximum Gasteiger partial charge on any atom is 0.317 e. The van der Waals surface area contributed by atoms with Crippen LogP contribution in [0, 0.1) is 5.92 Å². The van der Waals surface area contributed by atoms with Crippen molar-refractivity contribution in [1.29, 1.82) is 0 Å². The number of hydrogen-bond acceptors (Lipinski definition) is 4. The minimum atomic E-state index is -0.957. The van der Waals surface area contributed by atoms with E-state index in [-0.39, 0.29) is 30.8 Å². The molecule has 3 N–H and O–H groups in total. The lowest BCUT2D eigenvalue weighted by Crippen LogP contribution is -2.46. The van der Waals surface area contributed by atoms with Gasteiger partial charge in [-0.2, -0.15) is 0 Å². The Labute approximate surface area is 144 Å². The zero-order chi connectivity index (χ0) is 17.5. The first kappa shape index (κ1) is 18.0. The highest BCUT2D eigenvalue weighted by molar-refractivity contribution is 6.30. The number of aliphatic carboxylic acids is 1. The molecule has 130 valence electrons. The molecule has 2 rings (SSSR count). The number of piperidine rings is 1. The monoisotopic (exact) mass is 354 g/mol. The lowest BCUT2D eigenvalue weighted by Gasteiger charge is -2.31. The molecule has 0 radical (unpaired) electrons. The van der Waals surface area contributed by atoms with Crippen LogP contribution >= 0.6 is 11.6 Å². The van der Waals surface area contributed by atoms with Crippen molar-refractivity contribution in [3.63, 3.8) is 0 Å². The van der Waals surface area contributed by atoms with Crippen molar-refractivity contribution in [2.45, 2.75) is 19.3 Å². The van der Waals surface area contributed by atoms with E-state index < -0.39 is 5.97 Å². The second-order valence-electron chi connectivity index (χ2n) is 5.49. The number of nitrogens with zero attached hydrogens (tertiary/aromatic N) is 2. The molecule has 1 aromatic rings. The summed E-state index contributed by atoms with van der Waals surface area (Å²) in [6.45, 7) is 0.993. The number of urea groups is 1. The molecule has 8 nitrogen and oxygen atoms in total. The summed E-state index contributed by atoms with van der Waals surface area (Å²) in [5.41, 5.74) is 0. The smallest absolute Gasteiger partial charge is 0.317 e. The van der Waals surface area contributed by atoms with E-state index in [1.54, 1.807) is 17.0 Å². The number of likely N-dealkylation sites (tertiary alicyclic amines) is 1. The van der Waals surface area contributed by atoms with Crippen molar-refractivity contribution in [1.82, 2.24) is 15.2 Å².